The number of hydrogen-bond acceptors (Lipinski definition) is 7. The maximum atomic E-state index is 12.6. The van der Waals surface area contributed by atoms with Crippen LogP contribution in [0.5, 0.6) is 0 Å². The molecule has 0 spiro atoms. The van der Waals surface area contributed by atoms with Gasteiger partial charge in [-0.25, -0.2) is 4.98 Å². The zero-order valence-corrected chi connectivity index (χ0v) is 19.3. The van der Waals surface area contributed by atoms with Crippen molar-refractivity contribution in [2.75, 3.05) is 11.9 Å². The first-order valence-corrected chi connectivity index (χ1v) is 11.6. The minimum absolute atomic E-state index is 0.0622. The number of aromatic nitrogens is 1. The number of thiazole rings is 1. The Labute approximate surface area is 199 Å². The lowest BCUT2D eigenvalue weighted by molar-refractivity contribution is -0.385. The van der Waals surface area contributed by atoms with Crippen LogP contribution in [0.3, 0.4) is 0 Å². The number of nitro groups is 1. The van der Waals surface area contributed by atoms with E-state index in [4.69, 9.17) is 0 Å². The first-order chi connectivity index (χ1) is 16.4. The van der Waals surface area contributed by atoms with Gasteiger partial charge in [-0.05, 0) is 25.8 Å². The normalized spacial score (nSPS) is 12.7. The van der Waals surface area contributed by atoms with Gasteiger partial charge in [-0.1, -0.05) is 42.8 Å². The number of carbonyl (C=O) groups is 3. The second-order valence-electron chi connectivity index (χ2n) is 7.87. The summed E-state index contributed by atoms with van der Waals surface area (Å²) < 4.78 is 0. The van der Waals surface area contributed by atoms with Crippen LogP contribution in [0.4, 0.5) is 10.8 Å². The average molecular weight is 479 g/mol. The van der Waals surface area contributed by atoms with E-state index in [-0.39, 0.29) is 35.7 Å². The number of anilines is 1. The second kappa shape index (κ2) is 9.92. The lowest BCUT2D eigenvalue weighted by Gasteiger charge is -2.13. The Morgan fingerprint density at radius 1 is 1.06 bits per heavy atom. The summed E-state index contributed by atoms with van der Waals surface area (Å²) in [6, 6.07) is 13.8. The largest absolute Gasteiger partial charge is 0.302 e. The van der Waals surface area contributed by atoms with E-state index in [0.717, 1.165) is 21.0 Å². The fourth-order valence-corrected chi connectivity index (χ4v) is 4.75. The van der Waals surface area contributed by atoms with Crippen LogP contribution in [0.2, 0.25) is 0 Å². The highest BCUT2D eigenvalue weighted by Crippen LogP contribution is 2.31. The van der Waals surface area contributed by atoms with Crippen molar-refractivity contribution in [3.8, 4) is 11.3 Å². The topological polar surface area (TPSA) is 123 Å². The molecule has 1 aliphatic heterocycles. The van der Waals surface area contributed by atoms with Crippen molar-refractivity contribution in [3.05, 3.63) is 74.6 Å². The zero-order chi connectivity index (χ0) is 24.2. The minimum atomic E-state index is -0.654. The summed E-state index contributed by atoms with van der Waals surface area (Å²) in [6.07, 6.45) is 1.98. The number of unbranched alkanes of at least 4 members (excludes halogenated alkanes) is 2. The smallest absolute Gasteiger partial charge is 0.282 e. The summed E-state index contributed by atoms with van der Waals surface area (Å²) in [4.78, 5) is 54.5. The summed E-state index contributed by atoms with van der Waals surface area (Å²) in [5.41, 5.74) is 1.40. The van der Waals surface area contributed by atoms with Crippen molar-refractivity contribution in [3.63, 3.8) is 0 Å². The summed E-state index contributed by atoms with van der Waals surface area (Å²) >= 11 is 1.42. The summed E-state index contributed by atoms with van der Waals surface area (Å²) in [7, 11) is 0. The maximum absolute atomic E-state index is 12.6. The van der Waals surface area contributed by atoms with Gasteiger partial charge >= 0.3 is 0 Å². The van der Waals surface area contributed by atoms with E-state index in [2.05, 4.69) is 10.3 Å². The molecule has 34 heavy (non-hydrogen) atoms. The minimum Gasteiger partial charge on any atom is -0.302 e. The van der Waals surface area contributed by atoms with Crippen LogP contribution in [0.15, 0.2) is 48.5 Å². The molecule has 3 aromatic rings. The molecule has 10 heteroatoms. The molecule has 2 heterocycles. The molecule has 174 valence electrons. The summed E-state index contributed by atoms with van der Waals surface area (Å²) in [5, 5.41) is 14.6. The van der Waals surface area contributed by atoms with E-state index in [1.54, 1.807) is 0 Å². The molecule has 4 rings (SSSR count). The number of nitrogens with zero attached hydrogens (tertiary/aromatic N) is 3. The molecule has 1 N–H and O–H groups in total. The fourth-order valence-electron chi connectivity index (χ4n) is 3.90. The van der Waals surface area contributed by atoms with Crippen molar-refractivity contribution < 1.29 is 19.3 Å². The molecule has 3 amide bonds. The number of nitrogens with one attached hydrogen (secondary N) is 1. The van der Waals surface area contributed by atoms with Crippen molar-refractivity contribution in [2.45, 2.75) is 32.6 Å². The Bertz CT molecular complexity index is 1270. The molecule has 9 nitrogen and oxygen atoms in total. The third-order valence-electron chi connectivity index (χ3n) is 5.55. The first kappa shape index (κ1) is 23.2. The third-order valence-corrected chi connectivity index (χ3v) is 6.44. The van der Waals surface area contributed by atoms with E-state index in [9.17, 15) is 24.5 Å². The number of aryl methyl sites for hydroxylation is 1. The van der Waals surface area contributed by atoms with E-state index in [0.29, 0.717) is 24.4 Å². The average Bonchev–Trinajstić information content (AvgIpc) is 3.31. The molecule has 0 saturated carbocycles. The van der Waals surface area contributed by atoms with Crippen molar-refractivity contribution in [2.24, 2.45) is 0 Å². The van der Waals surface area contributed by atoms with Gasteiger partial charge in [0, 0.05) is 29.5 Å². The van der Waals surface area contributed by atoms with Gasteiger partial charge in [0.15, 0.2) is 5.13 Å². The molecule has 1 aromatic heterocycles. The second-order valence-corrected chi connectivity index (χ2v) is 9.07. The van der Waals surface area contributed by atoms with Gasteiger partial charge in [-0.15, -0.1) is 11.3 Å². The highest BCUT2D eigenvalue weighted by molar-refractivity contribution is 7.16. The molecule has 0 bridgehead atoms. The number of benzene rings is 2. The number of fused-ring (bicyclic) bond motifs is 1. The van der Waals surface area contributed by atoms with Gasteiger partial charge in [0.05, 0.1) is 16.2 Å². The van der Waals surface area contributed by atoms with E-state index >= 15 is 0 Å². The lowest BCUT2D eigenvalue weighted by Crippen LogP contribution is -2.30. The van der Waals surface area contributed by atoms with Crippen LogP contribution in [0, 0.1) is 17.0 Å². The Kier molecular flexibility index (Phi) is 6.78. The Morgan fingerprint density at radius 3 is 2.56 bits per heavy atom. The van der Waals surface area contributed by atoms with Crippen molar-refractivity contribution in [1.29, 1.82) is 0 Å². The SMILES string of the molecule is Cc1sc(NC(=O)CCCCCN2C(=O)c3cccc([N+](=O)[O-])c3C2=O)nc1-c1ccccc1. The Hall–Kier alpha value is -3.92. The number of nitro benzene ring substituents is 1. The van der Waals surface area contributed by atoms with Gasteiger partial charge in [-0.3, -0.25) is 29.4 Å². The summed E-state index contributed by atoms with van der Waals surface area (Å²) in [6.45, 7) is 2.11. The highest BCUT2D eigenvalue weighted by atomic mass is 32.1. The molecule has 0 atom stereocenters. The highest BCUT2D eigenvalue weighted by Gasteiger charge is 2.40. The Morgan fingerprint density at radius 2 is 1.82 bits per heavy atom. The van der Waals surface area contributed by atoms with E-state index in [1.807, 2.05) is 37.3 Å². The Balaban J connectivity index is 1.24. The molecule has 0 radical (unpaired) electrons. The van der Waals surface area contributed by atoms with E-state index < -0.39 is 16.7 Å². The number of carbonyl (C=O) groups excluding carboxylic acids is 3. The standard InChI is InChI=1S/C24H22N4O5S/c1-15-21(16-9-4-2-5-10-16)26-24(34-15)25-19(29)13-6-3-7-14-27-22(30)17-11-8-12-18(28(32)33)20(17)23(27)31/h2,4-5,8-12H,3,6-7,13-14H2,1H3,(H,25,26,29). The first-order valence-electron chi connectivity index (χ1n) is 10.8. The molecular formula is C24H22N4O5S. The van der Waals surface area contributed by atoms with Crippen LogP contribution in [-0.2, 0) is 4.79 Å². The van der Waals surface area contributed by atoms with Gasteiger partial charge < -0.3 is 5.32 Å². The molecule has 0 unspecified atom stereocenters. The van der Waals surface area contributed by atoms with Crippen LogP contribution in [-0.4, -0.2) is 39.1 Å². The summed E-state index contributed by atoms with van der Waals surface area (Å²) in [5.74, 6) is -1.31. The number of rotatable bonds is 9. The third kappa shape index (κ3) is 4.72. The van der Waals surface area contributed by atoms with E-state index in [1.165, 1.54) is 29.5 Å². The van der Waals surface area contributed by atoms with Crippen LogP contribution >= 0.6 is 11.3 Å². The van der Waals surface area contributed by atoms with Crippen LogP contribution < -0.4 is 5.32 Å². The molecular weight excluding hydrogens is 456 g/mol. The quantitative estimate of drug-likeness (QED) is 0.204. The van der Waals surface area contributed by atoms with Crippen molar-refractivity contribution in [1.82, 2.24) is 9.88 Å². The lowest BCUT2D eigenvalue weighted by atomic mass is 10.1. The van der Waals surface area contributed by atoms with Gasteiger partial charge in [0.25, 0.3) is 17.5 Å². The van der Waals surface area contributed by atoms with Crippen LogP contribution in [0.1, 0.15) is 51.3 Å². The zero-order valence-electron chi connectivity index (χ0n) is 18.4. The fraction of sp³-hybridized carbons (Fsp3) is 0.250. The maximum Gasteiger partial charge on any atom is 0.282 e. The number of imide groups is 1. The molecule has 2 aromatic carbocycles. The van der Waals surface area contributed by atoms with Gasteiger partial charge in [0.2, 0.25) is 5.91 Å². The van der Waals surface area contributed by atoms with Crippen molar-refractivity contribution >= 4 is 39.9 Å². The molecule has 1 aliphatic rings. The monoisotopic (exact) mass is 478 g/mol. The number of amides is 3. The van der Waals surface area contributed by atoms with Crippen LogP contribution in [0.25, 0.3) is 11.3 Å². The predicted octanol–water partition coefficient (Wildman–Crippen LogP) is 4.82. The molecule has 0 aliphatic carbocycles. The molecule has 0 fully saturated rings. The van der Waals surface area contributed by atoms with Gasteiger partial charge in [-0.2, -0.15) is 0 Å². The number of hydrogen-bond donors (Lipinski definition) is 1. The predicted molar refractivity (Wildman–Crippen MR) is 128 cm³/mol. The molecule has 0 saturated heterocycles. The van der Waals surface area contributed by atoms with Gasteiger partial charge in [0.1, 0.15) is 5.56 Å².